The normalized spacial score (nSPS) is 12.2. The van der Waals surface area contributed by atoms with E-state index in [2.05, 4.69) is 17.5 Å². The third-order valence-electron chi connectivity index (χ3n) is 8.62. The number of aliphatic carboxylic acids is 1. The third-order valence-corrected chi connectivity index (χ3v) is 8.62. The molecule has 0 saturated heterocycles. The smallest absolute Gasteiger partial charge is 0.303 e. The highest BCUT2D eigenvalue weighted by Gasteiger charge is 2.23. The molecule has 0 saturated carbocycles. The number of halogens is 1. The first-order valence-corrected chi connectivity index (χ1v) is 17.4. The average Bonchev–Trinajstić information content (AvgIpc) is 3.07. The second-order valence-corrected chi connectivity index (χ2v) is 12.6. The van der Waals surface area contributed by atoms with E-state index in [4.69, 9.17) is 15.2 Å². The van der Waals surface area contributed by atoms with Gasteiger partial charge >= 0.3 is 5.97 Å². The van der Waals surface area contributed by atoms with Crippen LogP contribution >= 0.6 is 0 Å². The molecule has 48 heavy (non-hydrogen) atoms. The number of aliphatic hydroxyl groups excluding tert-OH is 2. The van der Waals surface area contributed by atoms with Gasteiger partial charge in [-0.1, -0.05) is 69.2 Å². The minimum Gasteiger partial charge on any atom is -0.481 e. The molecule has 4 N–H and O–H groups in total. The number of unbranched alkanes of at least 4 members (excludes halogenated alkanes) is 11. The van der Waals surface area contributed by atoms with Crippen LogP contribution in [-0.4, -0.2) is 56.0 Å². The van der Waals surface area contributed by atoms with E-state index in [-0.39, 0.29) is 24.3 Å². The number of nitrogens with zero attached hydrogens (tertiary/aromatic N) is 2. The zero-order valence-electron chi connectivity index (χ0n) is 28.3. The van der Waals surface area contributed by atoms with Gasteiger partial charge in [-0.2, -0.15) is 0 Å². The van der Waals surface area contributed by atoms with E-state index in [1.165, 1.54) is 16.7 Å². The fraction of sp³-hybridized carbons (Fsp3) is 0.526. The van der Waals surface area contributed by atoms with Crippen LogP contribution in [0.25, 0.3) is 11.0 Å². The van der Waals surface area contributed by atoms with E-state index in [0.717, 1.165) is 94.6 Å². The molecule has 262 valence electrons. The SMILES string of the molecule is Cn1c(=O)c(C(=O)NC[C@@H](O)CO)c(CCCCCCCC/C=C\CCCCCCCC(=O)O)c2ncc(Cc3ccc(F)cc3)cc21. The molecule has 2 heterocycles. The lowest BCUT2D eigenvalue weighted by molar-refractivity contribution is -0.137. The van der Waals surface area contributed by atoms with Crippen LogP contribution in [-0.2, 0) is 24.7 Å². The molecular formula is C38H52FN3O6. The molecule has 0 spiro atoms. The molecule has 0 aliphatic carbocycles. The van der Waals surface area contributed by atoms with Crippen molar-refractivity contribution in [1.29, 1.82) is 0 Å². The number of aromatic nitrogens is 2. The van der Waals surface area contributed by atoms with Crippen LogP contribution in [0.1, 0.15) is 117 Å². The first-order valence-electron chi connectivity index (χ1n) is 17.4. The van der Waals surface area contributed by atoms with Gasteiger partial charge in [0.15, 0.2) is 0 Å². The van der Waals surface area contributed by atoms with Crippen LogP contribution in [0.15, 0.2) is 53.5 Å². The number of aliphatic hydroxyl groups is 2. The van der Waals surface area contributed by atoms with Crippen molar-refractivity contribution in [2.75, 3.05) is 13.2 Å². The molecule has 2 aromatic heterocycles. The lowest BCUT2D eigenvalue weighted by atomic mass is 9.97. The standard InChI is InChI=1S/C38H52FN3O6/c1-42-33-24-29(23-28-19-21-30(39)22-20-28)25-40-36(33)32(35(38(42)48)37(47)41-26-31(44)27-43)17-15-13-11-9-7-5-3-2-4-6-8-10-12-14-16-18-34(45)46/h2,4,19-22,24-25,31,43-44H,3,5-18,23,26-27H2,1H3,(H,41,47)(H,45,46)/b4-2-/t31-/m1/s1. The van der Waals surface area contributed by atoms with E-state index < -0.39 is 30.1 Å². The van der Waals surface area contributed by atoms with Crippen LogP contribution in [0.3, 0.4) is 0 Å². The highest BCUT2D eigenvalue weighted by Crippen LogP contribution is 2.23. The van der Waals surface area contributed by atoms with Gasteiger partial charge in [-0.25, -0.2) is 4.39 Å². The second-order valence-electron chi connectivity index (χ2n) is 12.6. The molecule has 3 rings (SSSR count). The summed E-state index contributed by atoms with van der Waals surface area (Å²) in [6.07, 6.45) is 19.9. The van der Waals surface area contributed by atoms with Gasteiger partial charge in [0.2, 0.25) is 0 Å². The van der Waals surface area contributed by atoms with E-state index in [0.29, 0.717) is 29.4 Å². The molecule has 0 radical (unpaired) electrons. The number of amides is 1. The molecule has 9 nitrogen and oxygen atoms in total. The molecule has 0 unspecified atom stereocenters. The third kappa shape index (κ3) is 13.0. The summed E-state index contributed by atoms with van der Waals surface area (Å²) in [6.45, 7) is -0.679. The van der Waals surface area contributed by atoms with Gasteiger partial charge < -0.3 is 25.2 Å². The summed E-state index contributed by atoms with van der Waals surface area (Å²) < 4.78 is 14.8. The van der Waals surface area contributed by atoms with Gasteiger partial charge in [-0.05, 0) is 86.3 Å². The molecule has 0 bridgehead atoms. The number of allylic oxidation sites excluding steroid dienone is 2. The first-order chi connectivity index (χ1) is 23.2. The molecule has 0 fully saturated rings. The molecule has 10 heteroatoms. The molecule has 1 amide bonds. The number of carboxylic acids is 1. The van der Waals surface area contributed by atoms with Crippen LogP contribution in [0.4, 0.5) is 4.39 Å². The Bertz CT molecular complexity index is 1540. The second kappa shape index (κ2) is 21.2. The Morgan fingerprint density at radius 2 is 1.52 bits per heavy atom. The minimum absolute atomic E-state index is 0.0129. The number of carboxylic acid groups (broad SMARTS) is 1. The van der Waals surface area contributed by atoms with Crippen LogP contribution in [0, 0.1) is 5.82 Å². The van der Waals surface area contributed by atoms with Crippen molar-refractivity contribution in [2.45, 2.75) is 109 Å². The number of benzene rings is 1. The van der Waals surface area contributed by atoms with Crippen molar-refractivity contribution in [3.63, 3.8) is 0 Å². The molecule has 0 aliphatic rings. The fourth-order valence-electron chi connectivity index (χ4n) is 5.86. The zero-order valence-corrected chi connectivity index (χ0v) is 28.3. The van der Waals surface area contributed by atoms with E-state index in [9.17, 15) is 23.9 Å². The molecular weight excluding hydrogens is 613 g/mol. The summed E-state index contributed by atoms with van der Waals surface area (Å²) in [7, 11) is 1.61. The number of aryl methyl sites for hydroxylation is 2. The largest absolute Gasteiger partial charge is 0.481 e. The molecule has 3 aromatic rings. The van der Waals surface area contributed by atoms with Crippen molar-refractivity contribution < 1.29 is 29.3 Å². The Hall–Kier alpha value is -3.89. The minimum atomic E-state index is -1.13. The number of hydrogen-bond donors (Lipinski definition) is 4. The number of carbonyl (C=O) groups is 2. The number of fused-ring (bicyclic) bond motifs is 1. The van der Waals surface area contributed by atoms with Gasteiger partial charge in [-0.3, -0.25) is 19.4 Å². The van der Waals surface area contributed by atoms with Crippen molar-refractivity contribution >= 4 is 22.9 Å². The van der Waals surface area contributed by atoms with Crippen LogP contribution in [0.5, 0.6) is 0 Å². The lowest BCUT2D eigenvalue weighted by Crippen LogP contribution is -2.38. The van der Waals surface area contributed by atoms with Crippen molar-refractivity contribution in [3.05, 3.63) is 87.1 Å². The topological polar surface area (TPSA) is 142 Å². The Morgan fingerprint density at radius 3 is 2.15 bits per heavy atom. The first kappa shape index (κ1) is 38.6. The number of pyridine rings is 2. The Labute approximate surface area is 282 Å². The van der Waals surface area contributed by atoms with E-state index in [1.54, 1.807) is 25.4 Å². The molecule has 0 aliphatic heterocycles. The van der Waals surface area contributed by atoms with Crippen LogP contribution < -0.4 is 10.9 Å². The number of carbonyl (C=O) groups excluding carboxylic acids is 1. The maximum absolute atomic E-state index is 13.6. The highest BCUT2D eigenvalue weighted by atomic mass is 19.1. The summed E-state index contributed by atoms with van der Waals surface area (Å²) in [4.78, 5) is 42.0. The number of hydrogen-bond acceptors (Lipinski definition) is 6. The fourth-order valence-corrected chi connectivity index (χ4v) is 5.86. The maximum atomic E-state index is 13.6. The quantitative estimate of drug-likeness (QED) is 0.0679. The summed E-state index contributed by atoms with van der Waals surface area (Å²) in [6, 6.07) is 8.15. The van der Waals surface area contributed by atoms with Gasteiger partial charge in [0.05, 0.1) is 23.7 Å². The zero-order chi connectivity index (χ0) is 34.7. The summed E-state index contributed by atoms with van der Waals surface area (Å²) in [5, 5.41) is 30.2. The van der Waals surface area contributed by atoms with Crippen molar-refractivity contribution in [2.24, 2.45) is 7.05 Å². The highest BCUT2D eigenvalue weighted by molar-refractivity contribution is 5.99. The van der Waals surface area contributed by atoms with Gasteiger partial charge in [0, 0.05) is 26.2 Å². The molecule has 1 aromatic carbocycles. The predicted octanol–water partition coefficient (Wildman–Crippen LogP) is 6.39. The predicted molar refractivity (Wildman–Crippen MR) is 187 cm³/mol. The van der Waals surface area contributed by atoms with Crippen molar-refractivity contribution in [1.82, 2.24) is 14.9 Å². The van der Waals surface area contributed by atoms with Gasteiger partial charge in [0.1, 0.15) is 11.4 Å². The average molecular weight is 666 g/mol. The summed E-state index contributed by atoms with van der Waals surface area (Å²) in [5.74, 6) is -1.62. The van der Waals surface area contributed by atoms with Crippen LogP contribution in [0.2, 0.25) is 0 Å². The number of nitrogens with one attached hydrogen (secondary N) is 1. The molecule has 1 atom stereocenters. The number of rotatable bonds is 23. The summed E-state index contributed by atoms with van der Waals surface area (Å²) in [5.41, 5.74) is 3.12. The lowest BCUT2D eigenvalue weighted by Gasteiger charge is -2.17. The van der Waals surface area contributed by atoms with Crippen molar-refractivity contribution in [3.8, 4) is 0 Å². The Kier molecular flexibility index (Phi) is 17.0. The Balaban J connectivity index is 1.54. The Morgan fingerprint density at radius 1 is 0.917 bits per heavy atom. The van der Waals surface area contributed by atoms with E-state index >= 15 is 0 Å². The van der Waals surface area contributed by atoms with Gasteiger partial charge in [-0.15, -0.1) is 0 Å². The van der Waals surface area contributed by atoms with E-state index in [1.807, 2.05) is 6.07 Å². The summed E-state index contributed by atoms with van der Waals surface area (Å²) >= 11 is 0. The van der Waals surface area contributed by atoms with Gasteiger partial charge in [0.25, 0.3) is 11.5 Å². The maximum Gasteiger partial charge on any atom is 0.303 e. The monoisotopic (exact) mass is 665 g/mol.